The predicted molar refractivity (Wildman–Crippen MR) is 138 cm³/mol. The number of thiazole rings is 1. The first-order chi connectivity index (χ1) is 18.2. The minimum absolute atomic E-state index is 0.0694. The van der Waals surface area contributed by atoms with E-state index in [9.17, 15) is 23.9 Å². The number of carbonyl (C=O) groups is 3. The van der Waals surface area contributed by atoms with Gasteiger partial charge in [-0.25, -0.2) is 14.2 Å². The fourth-order valence-corrected chi connectivity index (χ4v) is 5.13. The summed E-state index contributed by atoms with van der Waals surface area (Å²) >= 11 is 0.888. The van der Waals surface area contributed by atoms with E-state index in [-0.39, 0.29) is 21.1 Å². The van der Waals surface area contributed by atoms with Crippen molar-refractivity contribution in [3.8, 4) is 11.5 Å². The van der Waals surface area contributed by atoms with Crippen LogP contribution < -0.4 is 14.4 Å². The number of nitrogens with zero attached hydrogens (tertiary/aromatic N) is 2. The molecule has 1 fully saturated rings. The van der Waals surface area contributed by atoms with Gasteiger partial charge < -0.3 is 19.3 Å². The smallest absolute Gasteiger partial charge is 0.350 e. The summed E-state index contributed by atoms with van der Waals surface area (Å²) in [4.78, 5) is 44.7. The molecule has 198 valence electrons. The molecule has 0 saturated carbocycles. The molecule has 38 heavy (non-hydrogen) atoms. The SMILES string of the molecule is CCOc1ccc(C2C(=C(O)c3ccc(F)cc3)C(=O)C(=O)N2c2nc(C)c(C(=O)OC)s2)cc1OCC. The summed E-state index contributed by atoms with van der Waals surface area (Å²) in [5.74, 6) is -2.71. The Kier molecular flexibility index (Phi) is 7.77. The molecule has 9 nitrogen and oxygen atoms in total. The molecule has 0 radical (unpaired) electrons. The van der Waals surface area contributed by atoms with Gasteiger partial charge in [0, 0.05) is 5.56 Å². The highest BCUT2D eigenvalue weighted by atomic mass is 32.1. The summed E-state index contributed by atoms with van der Waals surface area (Å²) < 4.78 is 29.7. The Morgan fingerprint density at radius 1 is 1.08 bits per heavy atom. The summed E-state index contributed by atoms with van der Waals surface area (Å²) in [5, 5.41) is 11.3. The van der Waals surface area contributed by atoms with Crippen molar-refractivity contribution in [3.63, 3.8) is 0 Å². The van der Waals surface area contributed by atoms with Crippen molar-refractivity contribution >= 4 is 39.9 Å². The Morgan fingerprint density at radius 3 is 2.37 bits per heavy atom. The third-order valence-corrected chi connectivity index (χ3v) is 6.94. The molecular weight excluding hydrogens is 515 g/mol. The number of amides is 1. The molecule has 4 rings (SSSR count). The van der Waals surface area contributed by atoms with Gasteiger partial charge in [-0.2, -0.15) is 0 Å². The zero-order valence-electron chi connectivity index (χ0n) is 21.1. The summed E-state index contributed by atoms with van der Waals surface area (Å²) in [7, 11) is 1.23. The average molecular weight is 541 g/mol. The number of hydrogen-bond acceptors (Lipinski definition) is 9. The van der Waals surface area contributed by atoms with Gasteiger partial charge in [0.25, 0.3) is 5.78 Å². The molecule has 1 N–H and O–H groups in total. The van der Waals surface area contributed by atoms with Crippen LogP contribution >= 0.6 is 11.3 Å². The Bertz CT molecular complexity index is 1430. The van der Waals surface area contributed by atoms with Crippen molar-refractivity contribution in [2.24, 2.45) is 0 Å². The number of carbonyl (C=O) groups excluding carboxylic acids is 3. The van der Waals surface area contributed by atoms with Crippen LogP contribution in [0.5, 0.6) is 11.5 Å². The third kappa shape index (κ3) is 4.84. The lowest BCUT2D eigenvalue weighted by atomic mass is 9.95. The summed E-state index contributed by atoms with van der Waals surface area (Å²) in [6.07, 6.45) is 0. The molecule has 0 aliphatic carbocycles. The number of hydrogen-bond donors (Lipinski definition) is 1. The number of ether oxygens (including phenoxy) is 3. The Labute approximate surface area is 222 Å². The molecule has 1 saturated heterocycles. The highest BCUT2D eigenvalue weighted by molar-refractivity contribution is 7.17. The predicted octanol–water partition coefficient (Wildman–Crippen LogP) is 4.80. The maximum Gasteiger partial charge on any atom is 0.350 e. The number of aliphatic hydroxyl groups excluding tert-OH is 1. The topological polar surface area (TPSA) is 115 Å². The van der Waals surface area contributed by atoms with Crippen LogP contribution in [0.2, 0.25) is 0 Å². The Hall–Kier alpha value is -4.25. The van der Waals surface area contributed by atoms with E-state index in [2.05, 4.69) is 4.98 Å². The number of aryl methyl sites for hydroxylation is 1. The van der Waals surface area contributed by atoms with Crippen LogP contribution in [0.4, 0.5) is 9.52 Å². The van der Waals surface area contributed by atoms with Crippen molar-refractivity contribution in [2.45, 2.75) is 26.8 Å². The normalized spacial score (nSPS) is 16.6. The molecule has 1 aromatic heterocycles. The van der Waals surface area contributed by atoms with Gasteiger partial charge in [-0.05, 0) is 62.7 Å². The van der Waals surface area contributed by atoms with Crippen LogP contribution in [0.15, 0.2) is 48.0 Å². The molecule has 2 heterocycles. The number of aromatic nitrogens is 1. The van der Waals surface area contributed by atoms with E-state index in [1.165, 1.54) is 19.2 Å². The van der Waals surface area contributed by atoms with Crippen LogP contribution in [0.1, 0.15) is 46.4 Å². The van der Waals surface area contributed by atoms with Crippen molar-refractivity contribution in [3.05, 3.63) is 75.6 Å². The molecular formula is C27H25FN2O7S. The minimum atomic E-state index is -1.13. The average Bonchev–Trinajstić information content (AvgIpc) is 3.41. The molecule has 11 heteroatoms. The molecule has 1 aliphatic heterocycles. The van der Waals surface area contributed by atoms with Crippen molar-refractivity contribution in [1.82, 2.24) is 4.98 Å². The molecule has 1 aliphatic rings. The number of methoxy groups -OCH3 is 1. The minimum Gasteiger partial charge on any atom is -0.507 e. The van der Waals surface area contributed by atoms with E-state index in [1.54, 1.807) is 32.0 Å². The molecule has 1 amide bonds. The molecule has 3 aromatic rings. The largest absolute Gasteiger partial charge is 0.507 e. The lowest BCUT2D eigenvalue weighted by Crippen LogP contribution is -2.29. The van der Waals surface area contributed by atoms with Crippen LogP contribution in [0, 0.1) is 12.7 Å². The number of rotatable bonds is 8. The number of benzene rings is 2. The van der Waals surface area contributed by atoms with Gasteiger partial charge in [0.15, 0.2) is 16.6 Å². The maximum atomic E-state index is 13.5. The van der Waals surface area contributed by atoms with Gasteiger partial charge in [0.1, 0.15) is 16.5 Å². The number of Topliss-reactive ketones (excluding diaryl/α,β-unsaturated/α-hetero) is 1. The van der Waals surface area contributed by atoms with Crippen LogP contribution in [0.25, 0.3) is 5.76 Å². The van der Waals surface area contributed by atoms with E-state index in [0.29, 0.717) is 36.0 Å². The van der Waals surface area contributed by atoms with E-state index in [4.69, 9.17) is 14.2 Å². The molecule has 1 atom stereocenters. The van der Waals surface area contributed by atoms with Crippen LogP contribution in [-0.4, -0.2) is 48.1 Å². The number of ketones is 1. The van der Waals surface area contributed by atoms with Gasteiger partial charge in [0.2, 0.25) is 0 Å². The van der Waals surface area contributed by atoms with Crippen molar-refractivity contribution in [2.75, 3.05) is 25.2 Å². The Balaban J connectivity index is 1.95. The first-order valence-electron chi connectivity index (χ1n) is 11.7. The Morgan fingerprint density at radius 2 is 1.74 bits per heavy atom. The van der Waals surface area contributed by atoms with Gasteiger partial charge in [-0.15, -0.1) is 0 Å². The second-order valence-electron chi connectivity index (χ2n) is 8.15. The highest BCUT2D eigenvalue weighted by Gasteiger charge is 2.48. The third-order valence-electron chi connectivity index (χ3n) is 5.81. The monoisotopic (exact) mass is 540 g/mol. The van der Waals surface area contributed by atoms with Crippen LogP contribution in [0.3, 0.4) is 0 Å². The molecule has 1 unspecified atom stereocenters. The lowest BCUT2D eigenvalue weighted by molar-refractivity contribution is -0.132. The van der Waals surface area contributed by atoms with Crippen LogP contribution in [-0.2, 0) is 14.3 Å². The van der Waals surface area contributed by atoms with Gasteiger partial charge in [-0.3, -0.25) is 14.5 Å². The van der Waals surface area contributed by atoms with Gasteiger partial charge in [0.05, 0.1) is 37.6 Å². The van der Waals surface area contributed by atoms with E-state index >= 15 is 0 Å². The molecule has 0 spiro atoms. The first-order valence-corrected chi connectivity index (χ1v) is 12.6. The number of aliphatic hydroxyl groups is 1. The highest BCUT2D eigenvalue weighted by Crippen LogP contribution is 2.45. The van der Waals surface area contributed by atoms with Gasteiger partial charge in [-0.1, -0.05) is 17.4 Å². The summed E-state index contributed by atoms with van der Waals surface area (Å²) in [6, 6.07) is 8.67. The number of halogens is 1. The first kappa shape index (κ1) is 26.8. The van der Waals surface area contributed by atoms with Crippen molar-refractivity contribution < 1.29 is 38.1 Å². The summed E-state index contributed by atoms with van der Waals surface area (Å²) in [5.41, 5.74) is 0.668. The number of anilines is 1. The quantitative estimate of drug-likeness (QED) is 0.188. The summed E-state index contributed by atoms with van der Waals surface area (Å²) in [6.45, 7) is 5.92. The number of esters is 1. The van der Waals surface area contributed by atoms with E-state index < -0.39 is 35.3 Å². The molecule has 0 bridgehead atoms. The standard InChI is InChI=1S/C27H25FN2O7S/c1-5-36-18-12-9-16(13-19(18)37-6-2)21-20(22(31)15-7-10-17(28)11-8-15)23(32)25(33)30(21)27-29-14(3)24(38-27)26(34)35-4/h7-13,21,31H,5-6H2,1-4H3. The zero-order chi connectivity index (χ0) is 27.6. The fourth-order valence-electron chi connectivity index (χ4n) is 4.11. The lowest BCUT2D eigenvalue weighted by Gasteiger charge is -2.24. The van der Waals surface area contributed by atoms with E-state index in [1.807, 2.05) is 6.92 Å². The fraction of sp³-hybridized carbons (Fsp3) is 0.259. The van der Waals surface area contributed by atoms with Gasteiger partial charge >= 0.3 is 11.9 Å². The second kappa shape index (κ2) is 11.0. The zero-order valence-corrected chi connectivity index (χ0v) is 21.9. The van der Waals surface area contributed by atoms with E-state index in [0.717, 1.165) is 28.4 Å². The maximum absolute atomic E-state index is 13.5. The molecule has 2 aromatic carbocycles. The second-order valence-corrected chi connectivity index (χ2v) is 9.13. The van der Waals surface area contributed by atoms with Crippen molar-refractivity contribution in [1.29, 1.82) is 0 Å².